The Hall–Kier alpha value is -3.94. The number of aromatic amines is 1. The largest absolute Gasteiger partial charge is 0.363 e. The van der Waals surface area contributed by atoms with Gasteiger partial charge < -0.3 is 15.3 Å². The lowest BCUT2D eigenvalue weighted by Crippen LogP contribution is -2.18. The number of nitrogens with two attached hydrogens (primary N) is 1. The molecular weight excluding hydrogens is 344 g/mol. The van der Waals surface area contributed by atoms with Crippen molar-refractivity contribution in [2.75, 3.05) is 5.32 Å². The van der Waals surface area contributed by atoms with E-state index in [0.29, 0.717) is 29.1 Å². The second-order valence-corrected chi connectivity index (χ2v) is 5.94. The van der Waals surface area contributed by atoms with Gasteiger partial charge in [0.2, 0.25) is 5.95 Å². The van der Waals surface area contributed by atoms with E-state index in [2.05, 4.69) is 20.3 Å². The number of aromatic nitrogens is 4. The average Bonchev–Trinajstić information content (AvgIpc) is 3.30. The number of imidazole rings is 2. The van der Waals surface area contributed by atoms with Gasteiger partial charge in [-0.15, -0.1) is 0 Å². The number of amides is 2. The number of carbonyl (C=O) groups is 2. The Bertz CT molecular complexity index is 1120. The third kappa shape index (κ3) is 3.15. The molecule has 27 heavy (non-hydrogen) atoms. The fourth-order valence-electron chi connectivity index (χ4n) is 2.95. The van der Waals surface area contributed by atoms with Crippen LogP contribution in [-0.4, -0.2) is 31.3 Å². The Morgan fingerprint density at radius 3 is 2.63 bits per heavy atom. The highest BCUT2D eigenvalue weighted by molar-refractivity contribution is 6.11. The van der Waals surface area contributed by atoms with E-state index >= 15 is 0 Å². The van der Waals surface area contributed by atoms with Crippen molar-refractivity contribution >= 4 is 28.8 Å². The lowest BCUT2D eigenvalue weighted by Gasteiger charge is -2.08. The minimum absolute atomic E-state index is 0.104. The van der Waals surface area contributed by atoms with Gasteiger partial charge in [0.15, 0.2) is 5.82 Å². The standard InChI is InChI=1S/C19H16N6O2/c20-16(26)17-23-15-13(18(27)24-19-21-9-10-22-19)7-4-8-14(15)25(17)11-12-5-2-1-3-6-12/h1-10H,11H2,(H2,20,26)(H2,21,22,24,27). The molecule has 0 aliphatic carbocycles. The topological polar surface area (TPSA) is 119 Å². The summed E-state index contributed by atoms with van der Waals surface area (Å²) in [5.41, 5.74) is 7.91. The molecule has 0 atom stereocenters. The number of primary amides is 1. The van der Waals surface area contributed by atoms with E-state index in [0.717, 1.165) is 5.56 Å². The summed E-state index contributed by atoms with van der Waals surface area (Å²) in [6.07, 6.45) is 3.14. The number of anilines is 1. The molecule has 0 saturated heterocycles. The molecule has 8 nitrogen and oxygen atoms in total. The molecule has 0 saturated carbocycles. The maximum Gasteiger partial charge on any atom is 0.284 e. The molecule has 4 rings (SSSR count). The zero-order chi connectivity index (χ0) is 18.8. The number of hydrogen-bond donors (Lipinski definition) is 3. The van der Waals surface area contributed by atoms with E-state index < -0.39 is 5.91 Å². The average molecular weight is 360 g/mol. The van der Waals surface area contributed by atoms with Gasteiger partial charge in [0.05, 0.1) is 11.1 Å². The molecule has 0 aliphatic rings. The number of benzene rings is 2. The summed E-state index contributed by atoms with van der Waals surface area (Å²) >= 11 is 0. The number of hydrogen-bond acceptors (Lipinski definition) is 4. The molecular formula is C19H16N6O2. The monoisotopic (exact) mass is 360 g/mol. The van der Waals surface area contributed by atoms with Crippen LogP contribution in [0, 0.1) is 0 Å². The molecule has 2 aromatic carbocycles. The van der Waals surface area contributed by atoms with Crippen molar-refractivity contribution in [3.8, 4) is 0 Å². The summed E-state index contributed by atoms with van der Waals surface area (Å²) in [6.45, 7) is 0.416. The molecule has 0 spiro atoms. The van der Waals surface area contributed by atoms with Crippen molar-refractivity contribution in [1.82, 2.24) is 19.5 Å². The molecule has 2 heterocycles. The van der Waals surface area contributed by atoms with Crippen LogP contribution in [0.25, 0.3) is 11.0 Å². The zero-order valence-electron chi connectivity index (χ0n) is 14.2. The van der Waals surface area contributed by atoms with Gasteiger partial charge in [-0.25, -0.2) is 9.97 Å². The minimum atomic E-state index is -0.653. The molecule has 0 unspecified atom stereocenters. The molecule has 2 amide bonds. The number of para-hydroxylation sites is 1. The van der Waals surface area contributed by atoms with E-state index in [4.69, 9.17) is 5.73 Å². The van der Waals surface area contributed by atoms with Crippen LogP contribution in [0.1, 0.15) is 26.5 Å². The Morgan fingerprint density at radius 1 is 1.11 bits per heavy atom. The van der Waals surface area contributed by atoms with Gasteiger partial charge in [-0.05, 0) is 17.7 Å². The van der Waals surface area contributed by atoms with Crippen LogP contribution in [0.4, 0.5) is 5.95 Å². The maximum absolute atomic E-state index is 12.6. The number of nitrogens with one attached hydrogen (secondary N) is 2. The Balaban J connectivity index is 1.80. The highest BCUT2D eigenvalue weighted by atomic mass is 16.2. The molecule has 0 fully saturated rings. The molecule has 0 bridgehead atoms. The zero-order valence-corrected chi connectivity index (χ0v) is 14.2. The molecule has 4 aromatic rings. The molecule has 134 valence electrons. The number of rotatable bonds is 5. The fourth-order valence-corrected chi connectivity index (χ4v) is 2.95. The smallest absolute Gasteiger partial charge is 0.284 e. The predicted molar refractivity (Wildman–Crippen MR) is 100 cm³/mol. The first kappa shape index (κ1) is 16.5. The van der Waals surface area contributed by atoms with Gasteiger partial charge in [0.1, 0.15) is 5.52 Å². The summed E-state index contributed by atoms with van der Waals surface area (Å²) in [4.78, 5) is 35.7. The molecule has 0 radical (unpaired) electrons. The van der Waals surface area contributed by atoms with Crippen LogP contribution in [-0.2, 0) is 6.54 Å². The highest BCUT2D eigenvalue weighted by Gasteiger charge is 2.20. The minimum Gasteiger partial charge on any atom is -0.363 e. The van der Waals surface area contributed by atoms with Gasteiger partial charge in [0.25, 0.3) is 11.8 Å². The van der Waals surface area contributed by atoms with Crippen molar-refractivity contribution in [3.63, 3.8) is 0 Å². The van der Waals surface area contributed by atoms with Crippen molar-refractivity contribution in [3.05, 3.63) is 77.9 Å². The summed E-state index contributed by atoms with van der Waals surface area (Å²) in [5, 5.41) is 2.67. The number of carbonyl (C=O) groups excluding carboxylic acids is 2. The molecule has 4 N–H and O–H groups in total. The summed E-state index contributed by atoms with van der Waals surface area (Å²) in [5.74, 6) is -0.599. The van der Waals surface area contributed by atoms with Crippen molar-refractivity contribution < 1.29 is 9.59 Å². The Labute approximate surface area is 154 Å². The van der Waals surface area contributed by atoms with E-state index in [1.54, 1.807) is 29.0 Å². The van der Waals surface area contributed by atoms with Crippen molar-refractivity contribution in [2.24, 2.45) is 5.73 Å². The molecule has 2 aromatic heterocycles. The van der Waals surface area contributed by atoms with Crippen molar-refractivity contribution in [2.45, 2.75) is 6.54 Å². The highest BCUT2D eigenvalue weighted by Crippen LogP contribution is 2.22. The van der Waals surface area contributed by atoms with Crippen molar-refractivity contribution in [1.29, 1.82) is 0 Å². The van der Waals surface area contributed by atoms with Crippen LogP contribution in [0.3, 0.4) is 0 Å². The normalized spacial score (nSPS) is 10.8. The van der Waals surface area contributed by atoms with Gasteiger partial charge >= 0.3 is 0 Å². The lowest BCUT2D eigenvalue weighted by molar-refractivity contribution is 0.0984. The third-order valence-corrected chi connectivity index (χ3v) is 4.16. The fraction of sp³-hybridized carbons (Fsp3) is 0.0526. The summed E-state index contributed by atoms with van der Waals surface area (Å²) in [7, 11) is 0. The van der Waals surface area contributed by atoms with Crippen LogP contribution < -0.4 is 11.1 Å². The predicted octanol–water partition coefficient (Wildman–Crippen LogP) is 2.16. The summed E-state index contributed by atoms with van der Waals surface area (Å²) < 4.78 is 1.72. The second-order valence-electron chi connectivity index (χ2n) is 5.94. The van der Waals surface area contributed by atoms with Crippen LogP contribution in [0.5, 0.6) is 0 Å². The molecule has 0 aliphatic heterocycles. The Morgan fingerprint density at radius 2 is 1.93 bits per heavy atom. The first-order chi connectivity index (χ1) is 13.1. The van der Waals surface area contributed by atoms with E-state index in [1.807, 2.05) is 30.3 Å². The Kier molecular flexibility index (Phi) is 4.13. The molecule has 8 heteroatoms. The number of H-pyrrole nitrogens is 1. The van der Waals surface area contributed by atoms with E-state index in [9.17, 15) is 9.59 Å². The quantitative estimate of drug-likeness (QED) is 0.505. The summed E-state index contributed by atoms with van der Waals surface area (Å²) in [6, 6.07) is 14.8. The first-order valence-electron chi connectivity index (χ1n) is 8.27. The first-order valence-corrected chi connectivity index (χ1v) is 8.27. The van der Waals surface area contributed by atoms with E-state index in [-0.39, 0.29) is 11.7 Å². The van der Waals surface area contributed by atoms with Crippen LogP contribution >= 0.6 is 0 Å². The van der Waals surface area contributed by atoms with Gasteiger partial charge in [-0.1, -0.05) is 36.4 Å². The number of nitrogens with zero attached hydrogens (tertiary/aromatic N) is 3. The van der Waals surface area contributed by atoms with Gasteiger partial charge in [-0.2, -0.15) is 0 Å². The van der Waals surface area contributed by atoms with Gasteiger partial charge in [-0.3, -0.25) is 14.9 Å². The lowest BCUT2D eigenvalue weighted by atomic mass is 10.1. The van der Waals surface area contributed by atoms with Crippen LogP contribution in [0.2, 0.25) is 0 Å². The number of fused-ring (bicyclic) bond motifs is 1. The maximum atomic E-state index is 12.6. The third-order valence-electron chi connectivity index (χ3n) is 4.16. The van der Waals surface area contributed by atoms with E-state index in [1.165, 1.54) is 6.20 Å². The van der Waals surface area contributed by atoms with Gasteiger partial charge in [0, 0.05) is 18.9 Å². The SMILES string of the molecule is NC(=O)c1nc2c(C(=O)Nc3ncc[nH]3)cccc2n1Cc1ccccc1. The second kappa shape index (κ2) is 6.75. The van der Waals surface area contributed by atoms with Crippen LogP contribution in [0.15, 0.2) is 60.9 Å².